The predicted molar refractivity (Wildman–Crippen MR) is 80.6 cm³/mol. The highest BCUT2D eigenvalue weighted by Gasteiger charge is 2.20. The number of carbonyl (C=O) groups is 2. The summed E-state index contributed by atoms with van der Waals surface area (Å²) < 4.78 is 26.5. The van der Waals surface area contributed by atoms with E-state index in [1.165, 1.54) is 11.8 Å². The molecule has 0 saturated heterocycles. The average molecular weight is 383 g/mol. The molecule has 1 atom stereocenters. The van der Waals surface area contributed by atoms with Gasteiger partial charge < -0.3 is 15.7 Å². The smallest absolute Gasteiger partial charge is 0.326 e. The third kappa shape index (κ3) is 5.50. The van der Waals surface area contributed by atoms with Crippen molar-refractivity contribution in [3.8, 4) is 0 Å². The number of carboxylic acid groups (broad SMARTS) is 1. The normalized spacial score (nSPS) is 11.8. The summed E-state index contributed by atoms with van der Waals surface area (Å²) in [6.45, 7) is 0. The lowest BCUT2D eigenvalue weighted by molar-refractivity contribution is -0.139. The molecule has 0 bridgehead atoms. The molecule has 1 aromatic rings. The van der Waals surface area contributed by atoms with E-state index in [0.29, 0.717) is 11.8 Å². The van der Waals surface area contributed by atoms with Crippen molar-refractivity contribution in [1.29, 1.82) is 0 Å². The molecule has 0 heterocycles. The number of carboxylic acids is 1. The summed E-state index contributed by atoms with van der Waals surface area (Å²) in [5.41, 5.74) is -0.255. The molecule has 2 amide bonds. The molecule has 9 heteroatoms. The Kier molecular flexibility index (Phi) is 6.90. The van der Waals surface area contributed by atoms with Crippen molar-refractivity contribution in [3.63, 3.8) is 0 Å². The van der Waals surface area contributed by atoms with Gasteiger partial charge in [0.15, 0.2) is 0 Å². The summed E-state index contributed by atoms with van der Waals surface area (Å²) in [6, 6.07) is -0.283. The van der Waals surface area contributed by atoms with Gasteiger partial charge in [0.1, 0.15) is 17.7 Å². The number of nitrogens with one attached hydrogen (secondary N) is 2. The molecule has 3 N–H and O–H groups in total. The van der Waals surface area contributed by atoms with Gasteiger partial charge in [-0.2, -0.15) is 11.8 Å². The highest BCUT2D eigenvalue weighted by Crippen LogP contribution is 2.23. The van der Waals surface area contributed by atoms with Crippen LogP contribution in [0.1, 0.15) is 6.42 Å². The Morgan fingerprint density at radius 2 is 2.05 bits per heavy atom. The van der Waals surface area contributed by atoms with Crippen molar-refractivity contribution in [2.24, 2.45) is 0 Å². The first-order valence-electron chi connectivity index (χ1n) is 5.79. The maximum Gasteiger partial charge on any atom is 0.326 e. The van der Waals surface area contributed by atoms with Gasteiger partial charge in [-0.05, 0) is 40.4 Å². The molecule has 5 nitrogen and oxygen atoms in total. The number of thioether (sulfide) groups is 1. The minimum absolute atomic E-state index is 0.0173. The minimum Gasteiger partial charge on any atom is -0.480 e. The molecule has 0 saturated carbocycles. The summed E-state index contributed by atoms with van der Waals surface area (Å²) >= 11 is 4.31. The van der Waals surface area contributed by atoms with Gasteiger partial charge >= 0.3 is 12.0 Å². The fourth-order valence-corrected chi connectivity index (χ4v) is 2.24. The Hall–Kier alpha value is -1.35. The van der Waals surface area contributed by atoms with Crippen LogP contribution in [0, 0.1) is 11.6 Å². The van der Waals surface area contributed by atoms with Crippen LogP contribution < -0.4 is 10.6 Å². The van der Waals surface area contributed by atoms with E-state index in [9.17, 15) is 18.4 Å². The number of urea groups is 1. The molecule has 1 rings (SSSR count). The zero-order chi connectivity index (χ0) is 16.0. The summed E-state index contributed by atoms with van der Waals surface area (Å²) in [5, 5.41) is 13.3. The Morgan fingerprint density at radius 3 is 2.62 bits per heavy atom. The zero-order valence-corrected chi connectivity index (χ0v) is 13.4. The first-order valence-corrected chi connectivity index (χ1v) is 7.97. The molecule has 0 spiro atoms. The average Bonchev–Trinajstić information content (AvgIpc) is 2.40. The van der Waals surface area contributed by atoms with Crippen molar-refractivity contribution in [2.45, 2.75) is 12.5 Å². The SMILES string of the molecule is CSCC[C@H](NC(=O)Nc1cc(Br)c(F)cc1F)C(=O)O. The lowest BCUT2D eigenvalue weighted by Gasteiger charge is -2.15. The minimum atomic E-state index is -1.18. The molecule has 0 aliphatic heterocycles. The van der Waals surface area contributed by atoms with Crippen LogP contribution in [0.25, 0.3) is 0 Å². The second-order valence-corrected chi connectivity index (χ2v) is 5.86. The molecule has 0 aromatic heterocycles. The molecule has 0 aliphatic rings. The predicted octanol–water partition coefficient (Wildman–Crippen LogP) is 3.06. The maximum absolute atomic E-state index is 13.5. The van der Waals surface area contributed by atoms with E-state index in [2.05, 4.69) is 26.6 Å². The Bertz CT molecular complexity index is 545. The number of amides is 2. The van der Waals surface area contributed by atoms with Crippen LogP contribution in [-0.4, -0.2) is 35.2 Å². The molecule has 0 fully saturated rings. The van der Waals surface area contributed by atoms with E-state index in [4.69, 9.17) is 5.11 Å². The van der Waals surface area contributed by atoms with Gasteiger partial charge in [-0.3, -0.25) is 0 Å². The Balaban J connectivity index is 2.72. The monoisotopic (exact) mass is 382 g/mol. The van der Waals surface area contributed by atoms with E-state index in [-0.39, 0.29) is 16.6 Å². The van der Waals surface area contributed by atoms with Crippen LogP contribution >= 0.6 is 27.7 Å². The lowest BCUT2D eigenvalue weighted by Crippen LogP contribution is -2.43. The third-order valence-corrected chi connectivity index (χ3v) is 3.72. The fraction of sp³-hybridized carbons (Fsp3) is 0.333. The van der Waals surface area contributed by atoms with Crippen LogP contribution in [0.3, 0.4) is 0 Å². The molecule has 0 radical (unpaired) electrons. The number of rotatable bonds is 6. The number of halogens is 3. The van der Waals surface area contributed by atoms with Crippen LogP contribution in [-0.2, 0) is 4.79 Å². The summed E-state index contributed by atoms with van der Waals surface area (Å²) in [7, 11) is 0. The topological polar surface area (TPSA) is 78.4 Å². The van der Waals surface area contributed by atoms with Gasteiger partial charge in [0.05, 0.1) is 10.2 Å². The number of hydrogen-bond donors (Lipinski definition) is 3. The Labute approximate surface area is 132 Å². The summed E-state index contributed by atoms with van der Waals surface area (Å²) in [6.07, 6.45) is 2.05. The van der Waals surface area contributed by atoms with Gasteiger partial charge in [-0.1, -0.05) is 0 Å². The molecule has 116 valence electrons. The number of hydrogen-bond acceptors (Lipinski definition) is 3. The molecule has 1 aromatic carbocycles. The molecule has 0 unspecified atom stereocenters. The van der Waals surface area contributed by atoms with Gasteiger partial charge in [0.2, 0.25) is 0 Å². The highest BCUT2D eigenvalue weighted by molar-refractivity contribution is 9.10. The van der Waals surface area contributed by atoms with Crippen molar-refractivity contribution >= 4 is 45.4 Å². The lowest BCUT2D eigenvalue weighted by atomic mass is 10.2. The number of anilines is 1. The first-order chi connectivity index (χ1) is 9.85. The number of benzene rings is 1. The van der Waals surface area contributed by atoms with Crippen LogP contribution in [0.15, 0.2) is 16.6 Å². The van der Waals surface area contributed by atoms with Crippen LogP contribution in [0.2, 0.25) is 0 Å². The van der Waals surface area contributed by atoms with Gasteiger partial charge in [0, 0.05) is 6.07 Å². The van der Waals surface area contributed by atoms with E-state index >= 15 is 0 Å². The van der Waals surface area contributed by atoms with E-state index in [1.54, 1.807) is 0 Å². The van der Waals surface area contributed by atoms with E-state index in [1.807, 2.05) is 6.26 Å². The number of aliphatic carboxylic acids is 1. The maximum atomic E-state index is 13.5. The first kappa shape index (κ1) is 17.7. The van der Waals surface area contributed by atoms with Gasteiger partial charge in [0.25, 0.3) is 0 Å². The van der Waals surface area contributed by atoms with Gasteiger partial charge in [-0.25, -0.2) is 18.4 Å². The summed E-state index contributed by atoms with van der Waals surface area (Å²) in [4.78, 5) is 22.6. The largest absolute Gasteiger partial charge is 0.480 e. The molecule has 21 heavy (non-hydrogen) atoms. The van der Waals surface area contributed by atoms with E-state index < -0.39 is 29.7 Å². The van der Waals surface area contributed by atoms with Crippen molar-refractivity contribution < 1.29 is 23.5 Å². The number of carbonyl (C=O) groups excluding carboxylic acids is 1. The van der Waals surface area contributed by atoms with E-state index in [0.717, 1.165) is 6.07 Å². The second kappa shape index (κ2) is 8.18. The van der Waals surface area contributed by atoms with Crippen molar-refractivity contribution in [1.82, 2.24) is 5.32 Å². The van der Waals surface area contributed by atoms with Crippen molar-refractivity contribution in [3.05, 3.63) is 28.2 Å². The fourth-order valence-electron chi connectivity index (χ4n) is 1.43. The Morgan fingerprint density at radius 1 is 1.38 bits per heavy atom. The van der Waals surface area contributed by atoms with Crippen LogP contribution in [0.4, 0.5) is 19.3 Å². The molecule has 0 aliphatic carbocycles. The standard InChI is InChI=1S/C12H13BrF2N2O3S/c1-21-3-2-9(11(18)19)16-12(20)17-10-4-6(13)7(14)5-8(10)15/h4-5,9H,2-3H2,1H3,(H,18,19)(H2,16,17,20)/t9-/m0/s1. The molecular formula is C12H13BrF2N2O3S. The quantitative estimate of drug-likeness (QED) is 0.660. The highest BCUT2D eigenvalue weighted by atomic mass is 79.9. The van der Waals surface area contributed by atoms with Crippen molar-refractivity contribution in [2.75, 3.05) is 17.3 Å². The summed E-state index contributed by atoms with van der Waals surface area (Å²) in [5.74, 6) is -2.39. The van der Waals surface area contributed by atoms with Crippen LogP contribution in [0.5, 0.6) is 0 Å². The molecular weight excluding hydrogens is 370 g/mol. The third-order valence-electron chi connectivity index (χ3n) is 2.47. The second-order valence-electron chi connectivity index (χ2n) is 4.02. The zero-order valence-electron chi connectivity index (χ0n) is 11.0. The van der Waals surface area contributed by atoms with Gasteiger partial charge in [-0.15, -0.1) is 0 Å².